The smallest absolute Gasteiger partial charge is 0.423 e. The van der Waals surface area contributed by atoms with Crippen LogP contribution in [0.4, 0.5) is 4.79 Å². The highest BCUT2D eigenvalue weighted by molar-refractivity contribution is 5.64. The Labute approximate surface area is 206 Å². The van der Waals surface area contributed by atoms with Gasteiger partial charge in [0, 0.05) is 0 Å². The highest BCUT2D eigenvalue weighted by Gasteiger charge is 2.54. The molecule has 0 radical (unpaired) electrons. The van der Waals surface area contributed by atoms with E-state index in [1.54, 1.807) is 0 Å². The van der Waals surface area contributed by atoms with Crippen LogP contribution in [0, 0.1) is 0 Å². The molecule has 0 unspecified atom stereocenters. The normalized spacial score (nSPS) is 17.3. The van der Waals surface area contributed by atoms with Crippen molar-refractivity contribution < 1.29 is 14.3 Å². The lowest BCUT2D eigenvalue weighted by Crippen LogP contribution is -2.25. The molecule has 0 bridgehead atoms. The number of carbonyl (C=O) groups is 1. The first-order valence-corrected chi connectivity index (χ1v) is 13.7. The zero-order valence-electron chi connectivity index (χ0n) is 21.7. The lowest BCUT2D eigenvalue weighted by atomic mass is 9.93. The molecule has 0 N–H and O–H groups in total. The second kappa shape index (κ2) is 10.5. The minimum absolute atomic E-state index is 0.500. The molecule has 34 heavy (non-hydrogen) atoms. The maximum Gasteiger partial charge on any atom is 0.510 e. The van der Waals surface area contributed by atoms with E-state index in [4.69, 9.17) is 9.47 Å². The van der Waals surface area contributed by atoms with E-state index in [1.165, 1.54) is 33.4 Å². The molecule has 0 aliphatic heterocycles. The number of hydrogen-bond donors (Lipinski definition) is 0. The maximum absolute atomic E-state index is 13.1. The Balaban J connectivity index is 1.51. The van der Waals surface area contributed by atoms with E-state index in [2.05, 4.69) is 64.1 Å². The van der Waals surface area contributed by atoms with Crippen LogP contribution in [0.15, 0.2) is 36.4 Å². The van der Waals surface area contributed by atoms with Gasteiger partial charge < -0.3 is 9.47 Å². The predicted molar refractivity (Wildman–Crippen MR) is 138 cm³/mol. The molecule has 2 saturated carbocycles. The zero-order chi connectivity index (χ0) is 24.2. The summed E-state index contributed by atoms with van der Waals surface area (Å²) in [6.07, 6.45) is 11.7. The standard InChI is InChI=1S/C31H42O3/c1-5-9-23-13-15-27(25(21-23)11-7-3)30(17-18-30)33-29(32)34-31(19-20-31)28-16-14-24(10-6-2)22-26(28)12-8-4/h13-16,21-22H,5-12,17-20H2,1-4H3. The molecule has 2 fully saturated rings. The Bertz CT molecular complexity index is 918. The summed E-state index contributed by atoms with van der Waals surface area (Å²) in [5.74, 6) is 0. The third kappa shape index (κ3) is 5.34. The van der Waals surface area contributed by atoms with Crippen molar-refractivity contribution in [1.29, 1.82) is 0 Å². The molecule has 0 atom stereocenters. The highest BCUT2D eigenvalue weighted by atomic mass is 16.7. The van der Waals surface area contributed by atoms with Crippen molar-refractivity contribution in [1.82, 2.24) is 0 Å². The van der Waals surface area contributed by atoms with Crippen LogP contribution in [0.5, 0.6) is 0 Å². The molecule has 0 saturated heterocycles. The van der Waals surface area contributed by atoms with E-state index in [-0.39, 0.29) is 0 Å². The number of hydrogen-bond acceptors (Lipinski definition) is 3. The lowest BCUT2D eigenvalue weighted by Gasteiger charge is -2.24. The van der Waals surface area contributed by atoms with E-state index >= 15 is 0 Å². The average molecular weight is 463 g/mol. The highest BCUT2D eigenvalue weighted by Crippen LogP contribution is 2.54. The van der Waals surface area contributed by atoms with Gasteiger partial charge >= 0.3 is 6.16 Å². The van der Waals surface area contributed by atoms with Crippen molar-refractivity contribution in [2.75, 3.05) is 0 Å². The molecule has 184 valence electrons. The molecule has 0 amide bonds. The lowest BCUT2D eigenvalue weighted by molar-refractivity contribution is -0.0221. The van der Waals surface area contributed by atoms with Crippen molar-refractivity contribution in [3.05, 3.63) is 69.8 Å². The van der Waals surface area contributed by atoms with Crippen molar-refractivity contribution in [3.63, 3.8) is 0 Å². The summed E-state index contributed by atoms with van der Waals surface area (Å²) >= 11 is 0. The summed E-state index contributed by atoms with van der Waals surface area (Å²) in [6, 6.07) is 13.5. The zero-order valence-corrected chi connectivity index (χ0v) is 21.7. The minimum Gasteiger partial charge on any atom is -0.423 e. The fourth-order valence-corrected chi connectivity index (χ4v) is 5.44. The van der Waals surface area contributed by atoms with Gasteiger partial charge in [-0.05, 0) is 84.7 Å². The van der Waals surface area contributed by atoms with Crippen molar-refractivity contribution >= 4 is 6.16 Å². The molecule has 2 aliphatic rings. The largest absolute Gasteiger partial charge is 0.510 e. The molecular formula is C31H42O3. The molecule has 3 heteroatoms. The Kier molecular flexibility index (Phi) is 7.70. The molecular weight excluding hydrogens is 420 g/mol. The van der Waals surface area contributed by atoms with Crippen molar-refractivity contribution in [2.45, 2.75) is 116 Å². The average Bonchev–Trinajstić information content (AvgIpc) is 3.73. The second-order valence-corrected chi connectivity index (χ2v) is 10.4. The number of carbonyl (C=O) groups excluding carboxylic acids is 1. The van der Waals surface area contributed by atoms with Crippen LogP contribution in [-0.4, -0.2) is 6.16 Å². The first-order valence-electron chi connectivity index (χ1n) is 13.7. The van der Waals surface area contributed by atoms with Crippen molar-refractivity contribution in [3.8, 4) is 0 Å². The fraction of sp³-hybridized carbons (Fsp3) is 0.581. The van der Waals surface area contributed by atoms with Crippen LogP contribution in [0.1, 0.15) is 112 Å². The van der Waals surface area contributed by atoms with E-state index in [9.17, 15) is 4.79 Å². The van der Waals surface area contributed by atoms with Crippen LogP contribution in [0.3, 0.4) is 0 Å². The summed E-state index contributed by atoms with van der Waals surface area (Å²) in [6.45, 7) is 8.85. The van der Waals surface area contributed by atoms with Crippen LogP contribution in [-0.2, 0) is 46.4 Å². The van der Waals surface area contributed by atoms with E-state index in [1.807, 2.05) is 0 Å². The number of benzene rings is 2. The molecule has 2 aromatic carbocycles. The molecule has 4 rings (SSSR count). The summed E-state index contributed by atoms with van der Waals surface area (Å²) in [4.78, 5) is 13.1. The van der Waals surface area contributed by atoms with Gasteiger partial charge in [0.25, 0.3) is 0 Å². The van der Waals surface area contributed by atoms with Gasteiger partial charge in [-0.1, -0.05) is 89.8 Å². The van der Waals surface area contributed by atoms with Crippen LogP contribution in [0.25, 0.3) is 0 Å². The molecule has 0 heterocycles. The van der Waals surface area contributed by atoms with Gasteiger partial charge in [-0.15, -0.1) is 0 Å². The third-order valence-electron chi connectivity index (χ3n) is 7.40. The first-order chi connectivity index (χ1) is 16.5. The number of aryl methyl sites for hydroxylation is 4. The molecule has 0 aromatic heterocycles. The SMILES string of the molecule is CCCc1ccc(C2(OC(=O)OC3(c4ccc(CCC)cc4CCC)CC3)CC2)c(CCC)c1. The minimum atomic E-state index is -0.504. The molecule has 2 aromatic rings. The Morgan fingerprint density at radius 2 is 1.03 bits per heavy atom. The topological polar surface area (TPSA) is 35.5 Å². The predicted octanol–water partition coefficient (Wildman–Crippen LogP) is 8.33. The van der Waals surface area contributed by atoms with Gasteiger partial charge in [0.2, 0.25) is 0 Å². The van der Waals surface area contributed by atoms with E-state index < -0.39 is 17.4 Å². The van der Waals surface area contributed by atoms with Gasteiger partial charge in [0.1, 0.15) is 11.2 Å². The van der Waals surface area contributed by atoms with Crippen LogP contribution >= 0.6 is 0 Å². The molecule has 3 nitrogen and oxygen atoms in total. The Morgan fingerprint density at radius 3 is 1.35 bits per heavy atom. The van der Waals surface area contributed by atoms with Gasteiger partial charge in [-0.2, -0.15) is 0 Å². The maximum atomic E-state index is 13.1. The van der Waals surface area contributed by atoms with Gasteiger partial charge in [0.05, 0.1) is 0 Å². The number of ether oxygens (including phenoxy) is 2. The van der Waals surface area contributed by atoms with Gasteiger partial charge in [-0.25, -0.2) is 4.79 Å². The van der Waals surface area contributed by atoms with Gasteiger partial charge in [-0.3, -0.25) is 0 Å². The Hall–Kier alpha value is -2.29. The quantitative estimate of drug-likeness (QED) is 0.297. The van der Waals surface area contributed by atoms with Crippen LogP contribution in [0.2, 0.25) is 0 Å². The molecule has 2 aliphatic carbocycles. The Morgan fingerprint density at radius 1 is 0.647 bits per heavy atom. The monoisotopic (exact) mass is 462 g/mol. The van der Waals surface area contributed by atoms with Crippen LogP contribution < -0.4 is 0 Å². The van der Waals surface area contributed by atoms with Crippen molar-refractivity contribution in [2.24, 2.45) is 0 Å². The van der Waals surface area contributed by atoms with E-state index in [0.29, 0.717) is 0 Å². The summed E-state index contributed by atoms with van der Waals surface area (Å²) in [5.41, 5.74) is 6.78. The fourth-order valence-electron chi connectivity index (χ4n) is 5.44. The summed E-state index contributed by atoms with van der Waals surface area (Å²) < 4.78 is 12.2. The first kappa shape index (κ1) is 24.8. The van der Waals surface area contributed by atoms with E-state index in [0.717, 1.165) is 77.0 Å². The second-order valence-electron chi connectivity index (χ2n) is 10.4. The summed E-state index contributed by atoms with van der Waals surface area (Å²) in [5, 5.41) is 0. The summed E-state index contributed by atoms with van der Waals surface area (Å²) in [7, 11) is 0. The van der Waals surface area contributed by atoms with Gasteiger partial charge in [0.15, 0.2) is 0 Å². The third-order valence-corrected chi connectivity index (χ3v) is 7.40. The molecule has 0 spiro atoms. The number of rotatable bonds is 12.